The van der Waals surface area contributed by atoms with Crippen LogP contribution in [0.4, 0.5) is 8.78 Å². The van der Waals surface area contributed by atoms with Gasteiger partial charge < -0.3 is 20.1 Å². The summed E-state index contributed by atoms with van der Waals surface area (Å²) in [5, 5.41) is 6.69. The van der Waals surface area contributed by atoms with Crippen molar-refractivity contribution in [2.24, 2.45) is 4.99 Å². The van der Waals surface area contributed by atoms with Crippen LogP contribution in [0.3, 0.4) is 0 Å². The van der Waals surface area contributed by atoms with Gasteiger partial charge in [-0.2, -0.15) is 0 Å². The Morgan fingerprint density at radius 3 is 2.60 bits per heavy atom. The molecule has 2 fully saturated rings. The van der Waals surface area contributed by atoms with E-state index in [2.05, 4.69) is 15.6 Å². The molecular formula is C17H32F2N4O2. The lowest BCUT2D eigenvalue weighted by Crippen LogP contribution is -2.49. The Morgan fingerprint density at radius 2 is 1.96 bits per heavy atom. The highest BCUT2D eigenvalue weighted by Gasteiger charge is 2.21. The first-order chi connectivity index (χ1) is 12.2. The highest BCUT2D eigenvalue weighted by Crippen LogP contribution is 2.12. The largest absolute Gasteiger partial charge is 0.381 e. The van der Waals surface area contributed by atoms with Crippen LogP contribution in [0.1, 0.15) is 32.1 Å². The number of hydrogen-bond donors (Lipinski definition) is 2. The van der Waals surface area contributed by atoms with Crippen LogP contribution in [0.5, 0.6) is 0 Å². The van der Waals surface area contributed by atoms with Gasteiger partial charge in [-0.05, 0) is 32.1 Å². The Kier molecular flexibility index (Phi) is 9.42. The zero-order valence-electron chi connectivity index (χ0n) is 15.2. The molecule has 2 aliphatic heterocycles. The lowest BCUT2D eigenvalue weighted by atomic mass is 10.1. The molecule has 0 atom stereocenters. The summed E-state index contributed by atoms with van der Waals surface area (Å²) in [6.07, 6.45) is 2.71. The fourth-order valence-electron chi connectivity index (χ4n) is 3.21. The van der Waals surface area contributed by atoms with Gasteiger partial charge in [0.25, 0.3) is 6.43 Å². The van der Waals surface area contributed by atoms with E-state index in [1.54, 1.807) is 7.05 Å². The molecule has 2 rings (SSSR count). The normalized spacial score (nSPS) is 21.7. The summed E-state index contributed by atoms with van der Waals surface area (Å²) in [6.45, 7) is 4.43. The Balaban J connectivity index is 1.53. The van der Waals surface area contributed by atoms with Gasteiger partial charge in [0.2, 0.25) is 0 Å². The average Bonchev–Trinajstić information content (AvgIpc) is 2.62. The molecule has 0 bridgehead atoms. The molecule has 0 saturated carbocycles. The van der Waals surface area contributed by atoms with Crippen molar-refractivity contribution >= 4 is 5.96 Å². The number of guanidine groups is 1. The van der Waals surface area contributed by atoms with Crippen LogP contribution in [0, 0.1) is 0 Å². The fourth-order valence-corrected chi connectivity index (χ4v) is 3.21. The lowest BCUT2D eigenvalue weighted by Gasteiger charge is -2.32. The van der Waals surface area contributed by atoms with Gasteiger partial charge in [0, 0.05) is 52.5 Å². The number of halogens is 2. The van der Waals surface area contributed by atoms with Crippen molar-refractivity contribution in [3.05, 3.63) is 0 Å². The van der Waals surface area contributed by atoms with Crippen molar-refractivity contribution < 1.29 is 18.3 Å². The summed E-state index contributed by atoms with van der Waals surface area (Å²) in [5.41, 5.74) is 0. The highest BCUT2D eigenvalue weighted by atomic mass is 19.3. The minimum Gasteiger partial charge on any atom is -0.381 e. The van der Waals surface area contributed by atoms with Crippen molar-refractivity contribution in [3.8, 4) is 0 Å². The molecule has 0 aromatic rings. The molecule has 0 unspecified atom stereocenters. The molecule has 2 N–H and O–H groups in total. The van der Waals surface area contributed by atoms with Gasteiger partial charge in [-0.15, -0.1) is 0 Å². The topological polar surface area (TPSA) is 58.1 Å². The van der Waals surface area contributed by atoms with Crippen molar-refractivity contribution in [2.75, 3.05) is 53.0 Å². The Hall–Kier alpha value is -0.990. The monoisotopic (exact) mass is 362 g/mol. The molecule has 0 radical (unpaired) electrons. The summed E-state index contributed by atoms with van der Waals surface area (Å²) >= 11 is 0. The number of piperidine rings is 1. The number of nitrogens with zero attached hydrogens (tertiary/aromatic N) is 2. The third-order valence-electron chi connectivity index (χ3n) is 4.68. The Bertz CT molecular complexity index is 385. The molecule has 0 aliphatic carbocycles. The molecule has 2 saturated heterocycles. The molecule has 0 aromatic carbocycles. The van der Waals surface area contributed by atoms with E-state index in [0.717, 1.165) is 64.4 Å². The van der Waals surface area contributed by atoms with E-state index in [4.69, 9.17) is 9.47 Å². The van der Waals surface area contributed by atoms with Gasteiger partial charge in [-0.25, -0.2) is 8.78 Å². The molecule has 6 nitrogen and oxygen atoms in total. The van der Waals surface area contributed by atoms with Crippen LogP contribution < -0.4 is 10.6 Å². The van der Waals surface area contributed by atoms with Crippen LogP contribution in [-0.4, -0.2) is 82.5 Å². The number of nitrogens with one attached hydrogen (secondary N) is 2. The zero-order chi connectivity index (χ0) is 17.9. The quantitative estimate of drug-likeness (QED) is 0.389. The van der Waals surface area contributed by atoms with Gasteiger partial charge in [0.15, 0.2) is 5.96 Å². The molecule has 146 valence electrons. The van der Waals surface area contributed by atoms with Crippen LogP contribution in [0.25, 0.3) is 0 Å². The molecule has 8 heteroatoms. The summed E-state index contributed by atoms with van der Waals surface area (Å²) in [4.78, 5) is 6.07. The molecular weight excluding hydrogens is 330 g/mol. The summed E-state index contributed by atoms with van der Waals surface area (Å²) in [5.74, 6) is 0.776. The summed E-state index contributed by atoms with van der Waals surface area (Å²) in [7, 11) is 1.75. The number of likely N-dealkylation sites (tertiary alicyclic amines) is 1. The van der Waals surface area contributed by atoms with Crippen molar-refractivity contribution in [3.63, 3.8) is 0 Å². The second-order valence-corrected chi connectivity index (χ2v) is 6.65. The maximum atomic E-state index is 12.4. The summed E-state index contributed by atoms with van der Waals surface area (Å²) in [6, 6.07) is 0.290. The van der Waals surface area contributed by atoms with E-state index in [1.165, 1.54) is 0 Å². The van der Waals surface area contributed by atoms with E-state index in [-0.39, 0.29) is 6.54 Å². The molecule has 0 aromatic heterocycles. The van der Waals surface area contributed by atoms with Crippen LogP contribution in [-0.2, 0) is 9.47 Å². The van der Waals surface area contributed by atoms with Gasteiger partial charge in [0.1, 0.15) is 0 Å². The first-order valence-corrected chi connectivity index (χ1v) is 9.34. The maximum absolute atomic E-state index is 12.4. The van der Waals surface area contributed by atoms with Gasteiger partial charge >= 0.3 is 0 Å². The van der Waals surface area contributed by atoms with Crippen LogP contribution >= 0.6 is 0 Å². The van der Waals surface area contributed by atoms with E-state index >= 15 is 0 Å². The van der Waals surface area contributed by atoms with E-state index in [0.29, 0.717) is 25.2 Å². The Labute approximate surface area is 149 Å². The predicted molar refractivity (Wildman–Crippen MR) is 94.4 cm³/mol. The van der Waals surface area contributed by atoms with Gasteiger partial charge in [0.05, 0.1) is 12.6 Å². The zero-order valence-corrected chi connectivity index (χ0v) is 15.2. The first kappa shape index (κ1) is 20.3. The Morgan fingerprint density at radius 1 is 1.24 bits per heavy atom. The maximum Gasteiger partial charge on any atom is 0.251 e. The fraction of sp³-hybridized carbons (Fsp3) is 0.941. The minimum absolute atomic E-state index is 0.118. The smallest absolute Gasteiger partial charge is 0.251 e. The molecule has 25 heavy (non-hydrogen) atoms. The van der Waals surface area contributed by atoms with Crippen molar-refractivity contribution in [1.82, 2.24) is 15.5 Å². The minimum atomic E-state index is -2.25. The molecule has 2 heterocycles. The molecule has 0 spiro atoms. The number of alkyl halides is 2. The second-order valence-electron chi connectivity index (χ2n) is 6.65. The van der Waals surface area contributed by atoms with Crippen molar-refractivity contribution in [1.29, 1.82) is 0 Å². The van der Waals surface area contributed by atoms with Crippen LogP contribution in [0.2, 0.25) is 0 Å². The lowest BCUT2D eigenvalue weighted by molar-refractivity contribution is -0.0320. The highest BCUT2D eigenvalue weighted by molar-refractivity contribution is 5.79. The number of hydrogen-bond acceptors (Lipinski definition) is 4. The van der Waals surface area contributed by atoms with E-state index < -0.39 is 6.43 Å². The van der Waals surface area contributed by atoms with Crippen LogP contribution in [0.15, 0.2) is 4.99 Å². The first-order valence-electron chi connectivity index (χ1n) is 9.34. The van der Waals surface area contributed by atoms with Crippen molar-refractivity contribution in [2.45, 2.75) is 50.7 Å². The number of aliphatic imine (C=N–C) groups is 1. The average molecular weight is 362 g/mol. The number of ether oxygens (including phenoxy) is 2. The predicted octanol–water partition coefficient (Wildman–Crippen LogP) is 1.47. The van der Waals surface area contributed by atoms with Gasteiger partial charge in [-0.1, -0.05) is 0 Å². The number of rotatable bonds is 8. The SMILES string of the molecule is CN=C(NCCCOC1CCOCC1)NC1CCN(CC(F)F)CC1. The summed E-state index contributed by atoms with van der Waals surface area (Å²) < 4.78 is 36.0. The third-order valence-corrected chi connectivity index (χ3v) is 4.68. The van der Waals surface area contributed by atoms with Gasteiger partial charge in [-0.3, -0.25) is 9.89 Å². The van der Waals surface area contributed by atoms with E-state index in [9.17, 15) is 8.78 Å². The van der Waals surface area contributed by atoms with E-state index in [1.807, 2.05) is 4.90 Å². The molecule has 2 aliphatic rings. The second kappa shape index (κ2) is 11.6. The standard InChI is InChI=1S/C17H32F2N4O2/c1-20-17(21-7-2-10-25-15-5-11-24-12-6-15)22-14-3-8-23(9-4-14)13-16(18)19/h14-16H,2-13H2,1H3,(H2,20,21,22). The molecule has 0 amide bonds. The third kappa shape index (κ3) is 8.29.